The van der Waals surface area contributed by atoms with E-state index in [1.54, 1.807) is 30.3 Å². The molecule has 0 spiro atoms. The zero-order valence-corrected chi connectivity index (χ0v) is 16.2. The summed E-state index contributed by atoms with van der Waals surface area (Å²) in [5.41, 5.74) is 1.32. The summed E-state index contributed by atoms with van der Waals surface area (Å²) in [6, 6.07) is 15.9. The van der Waals surface area contributed by atoms with Gasteiger partial charge in [0, 0.05) is 21.9 Å². The summed E-state index contributed by atoms with van der Waals surface area (Å²) in [4.78, 5) is 4.28. The molecule has 0 unspecified atom stereocenters. The molecule has 0 atom stereocenters. The number of benzene rings is 3. The van der Waals surface area contributed by atoms with Gasteiger partial charge < -0.3 is 5.11 Å². The Balaban J connectivity index is 1.77. The van der Waals surface area contributed by atoms with Crippen molar-refractivity contribution in [2.24, 2.45) is 4.99 Å². The van der Waals surface area contributed by atoms with E-state index in [0.29, 0.717) is 11.3 Å². The zero-order chi connectivity index (χ0) is 19.4. The van der Waals surface area contributed by atoms with E-state index in [1.807, 2.05) is 0 Å². The standard InChI is InChI=1S/C19H14BrFN2O3S/c20-14-1-10-19(24)13(11-14)12-22-16-6-8-18(9-7-16)27(25,26)23-17-4-2-15(21)3-5-17/h1-12,23-24H. The van der Waals surface area contributed by atoms with Crippen LogP contribution in [-0.2, 0) is 10.0 Å². The van der Waals surface area contributed by atoms with Crippen LogP contribution in [0.3, 0.4) is 0 Å². The first-order chi connectivity index (χ1) is 12.8. The Morgan fingerprint density at radius 3 is 2.33 bits per heavy atom. The van der Waals surface area contributed by atoms with E-state index < -0.39 is 15.8 Å². The first-order valence-electron chi connectivity index (χ1n) is 7.74. The number of anilines is 1. The molecule has 0 aliphatic rings. The van der Waals surface area contributed by atoms with E-state index in [4.69, 9.17) is 0 Å². The summed E-state index contributed by atoms with van der Waals surface area (Å²) in [6.07, 6.45) is 1.49. The van der Waals surface area contributed by atoms with E-state index >= 15 is 0 Å². The van der Waals surface area contributed by atoms with Gasteiger partial charge in [-0.2, -0.15) is 0 Å². The van der Waals surface area contributed by atoms with Crippen LogP contribution >= 0.6 is 15.9 Å². The third-order valence-corrected chi connectivity index (χ3v) is 5.48. The van der Waals surface area contributed by atoms with Gasteiger partial charge in [-0.05, 0) is 66.7 Å². The second-order valence-electron chi connectivity index (χ2n) is 5.57. The molecular weight excluding hydrogens is 435 g/mol. The summed E-state index contributed by atoms with van der Waals surface area (Å²) in [7, 11) is -3.79. The number of sulfonamides is 1. The maximum absolute atomic E-state index is 12.9. The minimum Gasteiger partial charge on any atom is -0.507 e. The minimum atomic E-state index is -3.79. The van der Waals surface area contributed by atoms with Crippen molar-refractivity contribution in [1.29, 1.82) is 0 Å². The molecule has 0 saturated carbocycles. The van der Waals surface area contributed by atoms with Crippen LogP contribution in [0.2, 0.25) is 0 Å². The Kier molecular flexibility index (Phi) is 5.57. The molecule has 0 aromatic heterocycles. The molecule has 0 radical (unpaired) electrons. The third-order valence-electron chi connectivity index (χ3n) is 3.59. The van der Waals surface area contributed by atoms with Gasteiger partial charge in [0.25, 0.3) is 10.0 Å². The van der Waals surface area contributed by atoms with Crippen molar-refractivity contribution in [1.82, 2.24) is 0 Å². The molecule has 8 heteroatoms. The van der Waals surface area contributed by atoms with Gasteiger partial charge in [-0.1, -0.05) is 15.9 Å². The van der Waals surface area contributed by atoms with Gasteiger partial charge in [0.05, 0.1) is 10.6 Å². The van der Waals surface area contributed by atoms with Crippen LogP contribution in [0.1, 0.15) is 5.56 Å². The highest BCUT2D eigenvalue weighted by molar-refractivity contribution is 9.10. The number of halogens is 2. The topological polar surface area (TPSA) is 78.8 Å². The van der Waals surface area contributed by atoms with Crippen LogP contribution in [0.4, 0.5) is 15.8 Å². The van der Waals surface area contributed by atoms with E-state index in [9.17, 15) is 17.9 Å². The summed E-state index contributed by atoms with van der Waals surface area (Å²) in [6.45, 7) is 0. The van der Waals surface area contributed by atoms with Crippen LogP contribution in [0.25, 0.3) is 0 Å². The van der Waals surface area contributed by atoms with Crippen LogP contribution in [0, 0.1) is 5.82 Å². The van der Waals surface area contributed by atoms with Crippen molar-refractivity contribution >= 4 is 43.5 Å². The second-order valence-corrected chi connectivity index (χ2v) is 8.17. The molecular formula is C19H14BrFN2O3S. The highest BCUT2D eigenvalue weighted by Gasteiger charge is 2.14. The fraction of sp³-hybridized carbons (Fsp3) is 0. The molecule has 2 N–H and O–H groups in total. The summed E-state index contributed by atoms with van der Waals surface area (Å²) >= 11 is 3.32. The molecule has 27 heavy (non-hydrogen) atoms. The maximum atomic E-state index is 12.9. The predicted octanol–water partition coefficient (Wildman–Crippen LogP) is 4.85. The summed E-state index contributed by atoms with van der Waals surface area (Å²) in [5, 5.41) is 9.80. The number of nitrogens with zero attached hydrogens (tertiary/aromatic N) is 1. The molecule has 3 rings (SSSR count). The van der Waals surface area contributed by atoms with Gasteiger partial charge >= 0.3 is 0 Å². The van der Waals surface area contributed by atoms with Gasteiger partial charge in [0.2, 0.25) is 0 Å². The van der Waals surface area contributed by atoms with Gasteiger partial charge in [0.1, 0.15) is 11.6 Å². The largest absolute Gasteiger partial charge is 0.507 e. The van der Waals surface area contributed by atoms with E-state index in [1.165, 1.54) is 42.6 Å². The second kappa shape index (κ2) is 7.89. The number of phenolic OH excluding ortho intramolecular Hbond substituents is 1. The molecule has 0 fully saturated rings. The summed E-state index contributed by atoms with van der Waals surface area (Å²) in [5.74, 6) is -0.360. The molecule has 5 nitrogen and oxygen atoms in total. The van der Waals surface area contributed by atoms with E-state index in [-0.39, 0.29) is 16.3 Å². The number of phenols is 1. The average molecular weight is 449 g/mol. The Morgan fingerprint density at radius 1 is 1.00 bits per heavy atom. The lowest BCUT2D eigenvalue weighted by Crippen LogP contribution is -2.12. The molecule has 0 saturated heterocycles. The number of aliphatic imine (C=N–C) groups is 1. The number of hydrogen-bond acceptors (Lipinski definition) is 4. The fourth-order valence-electron chi connectivity index (χ4n) is 2.22. The Morgan fingerprint density at radius 2 is 1.67 bits per heavy atom. The van der Waals surface area contributed by atoms with E-state index in [0.717, 1.165) is 4.47 Å². The van der Waals surface area contributed by atoms with Crippen LogP contribution < -0.4 is 4.72 Å². The number of rotatable bonds is 5. The SMILES string of the molecule is O=S(=O)(Nc1ccc(F)cc1)c1ccc(N=Cc2cc(Br)ccc2O)cc1. The lowest BCUT2D eigenvalue weighted by atomic mass is 10.2. The molecule has 0 aliphatic heterocycles. The van der Waals surface area contributed by atoms with Crippen molar-refractivity contribution in [2.45, 2.75) is 4.90 Å². The van der Waals surface area contributed by atoms with Crippen molar-refractivity contribution < 1.29 is 17.9 Å². The quantitative estimate of drug-likeness (QED) is 0.547. The van der Waals surface area contributed by atoms with Crippen LogP contribution in [0.5, 0.6) is 5.75 Å². The molecule has 0 bridgehead atoms. The third kappa shape index (κ3) is 4.93. The molecule has 0 aliphatic carbocycles. The Hall–Kier alpha value is -2.71. The predicted molar refractivity (Wildman–Crippen MR) is 107 cm³/mol. The van der Waals surface area contributed by atoms with Crippen molar-refractivity contribution in [3.05, 3.63) is 82.6 Å². The van der Waals surface area contributed by atoms with E-state index in [2.05, 4.69) is 25.6 Å². The molecule has 138 valence electrons. The zero-order valence-electron chi connectivity index (χ0n) is 13.8. The molecule has 0 heterocycles. The smallest absolute Gasteiger partial charge is 0.261 e. The van der Waals surface area contributed by atoms with Crippen LogP contribution in [0.15, 0.2) is 81.1 Å². The van der Waals surface area contributed by atoms with Gasteiger partial charge in [0.15, 0.2) is 0 Å². The normalized spacial score (nSPS) is 11.6. The fourth-order valence-corrected chi connectivity index (χ4v) is 3.65. The van der Waals surface area contributed by atoms with Crippen molar-refractivity contribution in [2.75, 3.05) is 4.72 Å². The lowest BCUT2D eigenvalue weighted by molar-refractivity contribution is 0.474. The number of hydrogen-bond donors (Lipinski definition) is 2. The highest BCUT2D eigenvalue weighted by atomic mass is 79.9. The first-order valence-corrected chi connectivity index (χ1v) is 10.0. The molecule has 3 aromatic carbocycles. The molecule has 3 aromatic rings. The number of aromatic hydroxyl groups is 1. The first kappa shape index (κ1) is 19.1. The average Bonchev–Trinajstić information content (AvgIpc) is 2.64. The highest BCUT2D eigenvalue weighted by Crippen LogP contribution is 2.23. The van der Waals surface area contributed by atoms with Gasteiger partial charge in [-0.15, -0.1) is 0 Å². The van der Waals surface area contributed by atoms with Crippen molar-refractivity contribution in [3.63, 3.8) is 0 Å². The Labute approximate surface area is 164 Å². The lowest BCUT2D eigenvalue weighted by Gasteiger charge is -2.08. The monoisotopic (exact) mass is 448 g/mol. The maximum Gasteiger partial charge on any atom is 0.261 e. The molecule has 0 amide bonds. The number of nitrogens with one attached hydrogen (secondary N) is 1. The van der Waals surface area contributed by atoms with Gasteiger partial charge in [-0.3, -0.25) is 9.71 Å². The Bertz CT molecular complexity index is 1080. The van der Waals surface area contributed by atoms with Crippen molar-refractivity contribution in [3.8, 4) is 5.75 Å². The van der Waals surface area contributed by atoms with Crippen LogP contribution in [-0.4, -0.2) is 19.7 Å². The minimum absolute atomic E-state index is 0.0519. The summed E-state index contributed by atoms with van der Waals surface area (Å²) < 4.78 is 40.9. The van der Waals surface area contributed by atoms with Gasteiger partial charge in [-0.25, -0.2) is 12.8 Å².